The van der Waals surface area contributed by atoms with Crippen LogP contribution >= 0.6 is 0 Å². The second-order valence-corrected chi connectivity index (χ2v) is 4.88. The third kappa shape index (κ3) is 3.57. The molecule has 0 aliphatic heterocycles. The summed E-state index contributed by atoms with van der Waals surface area (Å²) in [4.78, 5) is 10.2. The number of rotatable bonds is 4. The van der Waals surface area contributed by atoms with Crippen molar-refractivity contribution in [3.8, 4) is 17.2 Å². The lowest BCUT2D eigenvalue weighted by Crippen LogP contribution is -2.06. The van der Waals surface area contributed by atoms with Gasteiger partial charge < -0.3 is 4.74 Å². The Labute approximate surface area is 138 Å². The molecule has 128 valence electrons. The molecule has 1 aromatic heterocycles. The second kappa shape index (κ2) is 6.23. The predicted molar refractivity (Wildman–Crippen MR) is 79.5 cm³/mol. The molecule has 2 aromatic carbocycles. The van der Waals surface area contributed by atoms with Crippen LogP contribution in [0.4, 0.5) is 18.9 Å². The Morgan fingerprint density at radius 1 is 1.16 bits per heavy atom. The number of alkyl halides is 3. The van der Waals surface area contributed by atoms with E-state index >= 15 is 0 Å². The molecular weight excluding hydrogens is 341 g/mol. The van der Waals surface area contributed by atoms with Gasteiger partial charge in [0.2, 0.25) is 5.75 Å². The number of hydrogen-bond acceptors (Lipinski definition) is 5. The molecule has 0 bridgehead atoms. The zero-order valence-electron chi connectivity index (χ0n) is 12.3. The SMILES string of the molecule is O=[N+]([O-])c1cc(C(F)(F)F)ccc1Oc1cccc(-n2ccnn2)c1. The first-order valence-corrected chi connectivity index (χ1v) is 6.85. The molecule has 0 amide bonds. The van der Waals surface area contributed by atoms with Gasteiger partial charge in [0.25, 0.3) is 0 Å². The van der Waals surface area contributed by atoms with Crippen LogP contribution in [0, 0.1) is 10.1 Å². The maximum Gasteiger partial charge on any atom is 0.416 e. The highest BCUT2D eigenvalue weighted by Gasteiger charge is 2.33. The number of halogens is 3. The first kappa shape index (κ1) is 16.4. The van der Waals surface area contributed by atoms with Crippen LogP contribution in [0.5, 0.6) is 11.5 Å². The number of hydrogen-bond donors (Lipinski definition) is 0. The van der Waals surface area contributed by atoms with Gasteiger partial charge in [-0.1, -0.05) is 11.3 Å². The Morgan fingerprint density at radius 3 is 2.60 bits per heavy atom. The van der Waals surface area contributed by atoms with Gasteiger partial charge in [-0.3, -0.25) is 10.1 Å². The van der Waals surface area contributed by atoms with E-state index < -0.39 is 22.4 Å². The molecule has 0 aliphatic rings. The van der Waals surface area contributed by atoms with E-state index in [1.54, 1.807) is 18.3 Å². The van der Waals surface area contributed by atoms with Gasteiger partial charge in [0.1, 0.15) is 5.75 Å². The molecule has 0 fully saturated rings. The van der Waals surface area contributed by atoms with E-state index in [9.17, 15) is 23.3 Å². The lowest BCUT2D eigenvalue weighted by atomic mass is 10.2. The second-order valence-electron chi connectivity index (χ2n) is 4.88. The molecule has 0 saturated heterocycles. The summed E-state index contributed by atoms with van der Waals surface area (Å²) in [7, 11) is 0. The molecule has 0 radical (unpaired) electrons. The highest BCUT2D eigenvalue weighted by Crippen LogP contribution is 2.38. The molecule has 0 unspecified atom stereocenters. The Balaban J connectivity index is 1.95. The van der Waals surface area contributed by atoms with Gasteiger partial charge >= 0.3 is 11.9 Å². The number of ether oxygens (including phenoxy) is 1. The standard InChI is InChI=1S/C15H9F3N4O3/c16-15(17,18)10-4-5-14(13(8-10)22(23)24)25-12-3-1-2-11(9-12)21-7-6-19-20-21/h1-9H. The van der Waals surface area contributed by atoms with Crippen molar-refractivity contribution in [2.45, 2.75) is 6.18 Å². The molecule has 1 heterocycles. The minimum absolute atomic E-state index is 0.204. The van der Waals surface area contributed by atoms with Crippen LogP contribution in [0.1, 0.15) is 5.56 Å². The van der Waals surface area contributed by atoms with E-state index in [1.165, 1.54) is 23.0 Å². The van der Waals surface area contributed by atoms with E-state index in [1.807, 2.05) is 0 Å². The van der Waals surface area contributed by atoms with Crippen LogP contribution in [0.15, 0.2) is 54.9 Å². The van der Waals surface area contributed by atoms with Crippen LogP contribution in [-0.2, 0) is 6.18 Å². The summed E-state index contributed by atoms with van der Waals surface area (Å²) in [6.45, 7) is 0. The first-order valence-electron chi connectivity index (χ1n) is 6.85. The van der Waals surface area contributed by atoms with Crippen molar-refractivity contribution in [3.05, 3.63) is 70.5 Å². The van der Waals surface area contributed by atoms with Gasteiger partial charge in [-0.25, -0.2) is 4.68 Å². The third-order valence-corrected chi connectivity index (χ3v) is 3.22. The monoisotopic (exact) mass is 350 g/mol. The Morgan fingerprint density at radius 2 is 1.96 bits per heavy atom. The van der Waals surface area contributed by atoms with Crippen molar-refractivity contribution < 1.29 is 22.8 Å². The van der Waals surface area contributed by atoms with Crippen LogP contribution in [0.25, 0.3) is 5.69 Å². The van der Waals surface area contributed by atoms with Crippen LogP contribution < -0.4 is 4.74 Å². The van der Waals surface area contributed by atoms with E-state index in [2.05, 4.69) is 10.3 Å². The van der Waals surface area contributed by atoms with Gasteiger partial charge in [0, 0.05) is 12.1 Å². The summed E-state index contributed by atoms with van der Waals surface area (Å²) in [6.07, 6.45) is -1.63. The minimum atomic E-state index is -4.68. The van der Waals surface area contributed by atoms with Crippen molar-refractivity contribution >= 4 is 5.69 Å². The number of benzene rings is 2. The maximum atomic E-state index is 12.7. The summed E-state index contributed by atoms with van der Waals surface area (Å²) in [5.41, 5.74) is -1.33. The molecule has 0 spiro atoms. The fraction of sp³-hybridized carbons (Fsp3) is 0.0667. The fourth-order valence-corrected chi connectivity index (χ4v) is 2.09. The molecule has 10 heteroatoms. The Bertz CT molecular complexity index is 911. The van der Waals surface area contributed by atoms with E-state index in [0.29, 0.717) is 11.8 Å². The quantitative estimate of drug-likeness (QED) is 0.525. The van der Waals surface area contributed by atoms with Gasteiger partial charge in [-0.2, -0.15) is 13.2 Å². The molecule has 25 heavy (non-hydrogen) atoms. The largest absolute Gasteiger partial charge is 0.450 e. The zero-order chi connectivity index (χ0) is 18.0. The summed E-state index contributed by atoms with van der Waals surface area (Å²) < 4.78 is 45.0. The van der Waals surface area contributed by atoms with E-state index in [0.717, 1.165) is 12.1 Å². The van der Waals surface area contributed by atoms with Gasteiger partial charge in [-0.15, -0.1) is 5.10 Å². The highest BCUT2D eigenvalue weighted by molar-refractivity contribution is 5.52. The van der Waals surface area contributed by atoms with Crippen LogP contribution in [0.2, 0.25) is 0 Å². The van der Waals surface area contributed by atoms with Crippen molar-refractivity contribution in [2.24, 2.45) is 0 Å². The molecule has 3 rings (SSSR count). The number of nitro benzene ring substituents is 1. The maximum absolute atomic E-state index is 12.7. The predicted octanol–water partition coefficient (Wildman–Crippen LogP) is 3.99. The van der Waals surface area contributed by atoms with Crippen LogP contribution in [-0.4, -0.2) is 19.9 Å². The lowest BCUT2D eigenvalue weighted by Gasteiger charge is -2.10. The van der Waals surface area contributed by atoms with E-state index in [4.69, 9.17) is 4.74 Å². The lowest BCUT2D eigenvalue weighted by molar-refractivity contribution is -0.385. The summed E-state index contributed by atoms with van der Waals surface area (Å²) in [5.74, 6) is -0.0930. The van der Waals surface area contributed by atoms with Crippen molar-refractivity contribution in [2.75, 3.05) is 0 Å². The topological polar surface area (TPSA) is 83.1 Å². The van der Waals surface area contributed by atoms with E-state index in [-0.39, 0.29) is 11.5 Å². The van der Waals surface area contributed by atoms with Gasteiger partial charge in [0.05, 0.1) is 28.6 Å². The zero-order valence-corrected chi connectivity index (χ0v) is 12.3. The Hall–Kier alpha value is -3.43. The Kier molecular flexibility index (Phi) is 4.09. The molecule has 0 N–H and O–H groups in total. The van der Waals surface area contributed by atoms with Gasteiger partial charge in [0.15, 0.2) is 0 Å². The average molecular weight is 350 g/mol. The molecule has 0 aliphatic carbocycles. The normalized spacial score (nSPS) is 11.3. The highest BCUT2D eigenvalue weighted by atomic mass is 19.4. The molecule has 3 aromatic rings. The first-order chi connectivity index (χ1) is 11.8. The number of aromatic nitrogens is 3. The van der Waals surface area contributed by atoms with Gasteiger partial charge in [-0.05, 0) is 24.3 Å². The minimum Gasteiger partial charge on any atom is -0.450 e. The van der Waals surface area contributed by atoms with Crippen LogP contribution in [0.3, 0.4) is 0 Å². The number of nitrogens with zero attached hydrogens (tertiary/aromatic N) is 4. The molecule has 0 saturated carbocycles. The van der Waals surface area contributed by atoms with Crippen molar-refractivity contribution in [1.82, 2.24) is 15.0 Å². The third-order valence-electron chi connectivity index (χ3n) is 3.22. The average Bonchev–Trinajstić information content (AvgIpc) is 3.09. The summed E-state index contributed by atoms with van der Waals surface area (Å²) in [5, 5.41) is 18.5. The summed E-state index contributed by atoms with van der Waals surface area (Å²) in [6, 6.07) is 8.44. The molecular formula is C15H9F3N4O3. The molecule has 7 nitrogen and oxygen atoms in total. The van der Waals surface area contributed by atoms with Crippen molar-refractivity contribution in [1.29, 1.82) is 0 Å². The summed E-state index contributed by atoms with van der Waals surface area (Å²) >= 11 is 0. The van der Waals surface area contributed by atoms with Crippen molar-refractivity contribution in [3.63, 3.8) is 0 Å². The fourth-order valence-electron chi connectivity index (χ4n) is 2.09. The molecule has 0 atom stereocenters. The smallest absolute Gasteiger partial charge is 0.416 e. The number of nitro groups is 1.